The van der Waals surface area contributed by atoms with Crippen LogP contribution in [0.15, 0.2) is 24.3 Å². The average molecular weight is 327 g/mol. The monoisotopic (exact) mass is 327 g/mol. The maximum Gasteiger partial charge on any atom is 0.391 e. The second-order valence-corrected chi connectivity index (χ2v) is 6.48. The standard InChI is InChI=1S/C18H24F3NO/c1-3-16(13-9-7-12(2)8-10-13)22-17(23)14-5-4-6-15(11-14)18(19,20)21/h7-10,14-16H,3-6,11H2,1-2H3,(H,22,23). The van der Waals surface area contributed by atoms with E-state index in [1.807, 2.05) is 38.1 Å². The normalized spacial score (nSPS) is 23.3. The number of carbonyl (C=O) groups is 1. The van der Waals surface area contributed by atoms with E-state index in [4.69, 9.17) is 0 Å². The molecular formula is C18H24F3NO. The molecule has 1 aliphatic rings. The van der Waals surface area contributed by atoms with E-state index in [0.717, 1.165) is 11.1 Å². The summed E-state index contributed by atoms with van der Waals surface area (Å²) in [5, 5.41) is 2.94. The topological polar surface area (TPSA) is 29.1 Å². The number of aryl methyl sites for hydroxylation is 1. The third-order valence-electron chi connectivity index (χ3n) is 4.71. The molecule has 128 valence electrons. The van der Waals surface area contributed by atoms with Crippen molar-refractivity contribution < 1.29 is 18.0 Å². The van der Waals surface area contributed by atoms with Gasteiger partial charge in [0.2, 0.25) is 5.91 Å². The van der Waals surface area contributed by atoms with Crippen LogP contribution in [0.4, 0.5) is 13.2 Å². The minimum atomic E-state index is -4.19. The quantitative estimate of drug-likeness (QED) is 0.834. The van der Waals surface area contributed by atoms with Crippen molar-refractivity contribution in [2.75, 3.05) is 0 Å². The SMILES string of the molecule is CCC(NC(=O)C1CCCC(C(F)(F)F)C1)c1ccc(C)cc1. The molecule has 2 rings (SSSR count). The van der Waals surface area contributed by atoms with Gasteiger partial charge in [-0.15, -0.1) is 0 Å². The van der Waals surface area contributed by atoms with Gasteiger partial charge in [0.25, 0.3) is 0 Å². The second kappa shape index (κ2) is 7.37. The van der Waals surface area contributed by atoms with Gasteiger partial charge in [-0.2, -0.15) is 13.2 Å². The molecule has 1 aliphatic carbocycles. The van der Waals surface area contributed by atoms with Gasteiger partial charge in [-0.1, -0.05) is 43.2 Å². The molecule has 0 aliphatic heterocycles. The molecule has 5 heteroatoms. The fourth-order valence-corrected chi connectivity index (χ4v) is 3.23. The molecule has 0 spiro atoms. The molecule has 0 bridgehead atoms. The summed E-state index contributed by atoms with van der Waals surface area (Å²) >= 11 is 0. The highest BCUT2D eigenvalue weighted by Crippen LogP contribution is 2.40. The maximum atomic E-state index is 12.9. The highest BCUT2D eigenvalue weighted by atomic mass is 19.4. The molecule has 1 aromatic carbocycles. The number of halogens is 3. The van der Waals surface area contributed by atoms with E-state index < -0.39 is 18.0 Å². The van der Waals surface area contributed by atoms with E-state index in [-0.39, 0.29) is 24.8 Å². The van der Waals surface area contributed by atoms with Crippen LogP contribution in [-0.4, -0.2) is 12.1 Å². The third-order valence-corrected chi connectivity index (χ3v) is 4.71. The average Bonchev–Trinajstić information content (AvgIpc) is 2.52. The van der Waals surface area contributed by atoms with Gasteiger partial charge in [-0.3, -0.25) is 4.79 Å². The van der Waals surface area contributed by atoms with Gasteiger partial charge in [-0.05, 0) is 38.2 Å². The fraction of sp³-hybridized carbons (Fsp3) is 0.611. The molecule has 1 amide bonds. The smallest absolute Gasteiger partial charge is 0.349 e. The molecular weight excluding hydrogens is 303 g/mol. The summed E-state index contributed by atoms with van der Waals surface area (Å²) in [5.74, 6) is -2.12. The van der Waals surface area contributed by atoms with E-state index in [1.165, 1.54) is 0 Å². The Balaban J connectivity index is 2.00. The van der Waals surface area contributed by atoms with Crippen molar-refractivity contribution in [2.24, 2.45) is 11.8 Å². The molecule has 23 heavy (non-hydrogen) atoms. The highest BCUT2D eigenvalue weighted by molar-refractivity contribution is 5.79. The van der Waals surface area contributed by atoms with Crippen molar-refractivity contribution in [3.8, 4) is 0 Å². The van der Waals surface area contributed by atoms with Gasteiger partial charge in [0.05, 0.1) is 12.0 Å². The molecule has 1 fully saturated rings. The third kappa shape index (κ3) is 4.72. The lowest BCUT2D eigenvalue weighted by Gasteiger charge is -2.31. The van der Waals surface area contributed by atoms with Crippen LogP contribution in [0, 0.1) is 18.8 Å². The van der Waals surface area contributed by atoms with E-state index in [2.05, 4.69) is 5.32 Å². The second-order valence-electron chi connectivity index (χ2n) is 6.48. The molecule has 0 heterocycles. The maximum absolute atomic E-state index is 12.9. The summed E-state index contributed by atoms with van der Waals surface area (Å²) in [6.45, 7) is 3.95. The lowest BCUT2D eigenvalue weighted by Crippen LogP contribution is -2.38. The highest BCUT2D eigenvalue weighted by Gasteiger charge is 2.43. The summed E-state index contributed by atoms with van der Waals surface area (Å²) < 4.78 is 38.6. The zero-order valence-corrected chi connectivity index (χ0v) is 13.6. The van der Waals surface area contributed by atoms with E-state index in [9.17, 15) is 18.0 Å². The van der Waals surface area contributed by atoms with Gasteiger partial charge < -0.3 is 5.32 Å². The van der Waals surface area contributed by atoms with Crippen LogP contribution >= 0.6 is 0 Å². The van der Waals surface area contributed by atoms with Crippen LogP contribution in [0.5, 0.6) is 0 Å². The summed E-state index contributed by atoms with van der Waals surface area (Å²) in [4.78, 5) is 12.4. The van der Waals surface area contributed by atoms with Crippen LogP contribution in [-0.2, 0) is 4.79 Å². The van der Waals surface area contributed by atoms with Crippen LogP contribution < -0.4 is 5.32 Å². The lowest BCUT2D eigenvalue weighted by molar-refractivity contribution is -0.186. The van der Waals surface area contributed by atoms with Crippen molar-refractivity contribution >= 4 is 5.91 Å². The first-order valence-corrected chi connectivity index (χ1v) is 8.25. The summed E-state index contributed by atoms with van der Waals surface area (Å²) in [7, 11) is 0. The Labute approximate surface area is 135 Å². The first-order chi connectivity index (χ1) is 10.8. The number of benzene rings is 1. The number of amides is 1. The van der Waals surface area contributed by atoms with Crippen molar-refractivity contribution in [1.29, 1.82) is 0 Å². The Kier molecular flexibility index (Phi) is 5.71. The number of hydrogen-bond donors (Lipinski definition) is 1. The molecule has 1 N–H and O–H groups in total. The zero-order valence-electron chi connectivity index (χ0n) is 13.6. The van der Waals surface area contributed by atoms with E-state index in [1.54, 1.807) is 0 Å². The first kappa shape index (κ1) is 17.8. The molecule has 1 saturated carbocycles. The number of hydrogen-bond acceptors (Lipinski definition) is 1. The fourth-order valence-electron chi connectivity index (χ4n) is 3.23. The first-order valence-electron chi connectivity index (χ1n) is 8.25. The van der Waals surface area contributed by atoms with Crippen LogP contribution in [0.2, 0.25) is 0 Å². The van der Waals surface area contributed by atoms with Crippen LogP contribution in [0.3, 0.4) is 0 Å². The Bertz CT molecular complexity index is 524. The van der Waals surface area contributed by atoms with Gasteiger partial charge in [0, 0.05) is 5.92 Å². The number of carbonyl (C=O) groups excluding carboxylic acids is 1. The summed E-state index contributed by atoms with van der Waals surface area (Å²) in [5.41, 5.74) is 2.13. The summed E-state index contributed by atoms with van der Waals surface area (Å²) in [6.07, 6.45) is -2.42. The van der Waals surface area contributed by atoms with Gasteiger partial charge >= 0.3 is 6.18 Å². The van der Waals surface area contributed by atoms with Crippen molar-refractivity contribution in [3.05, 3.63) is 35.4 Å². The lowest BCUT2D eigenvalue weighted by atomic mass is 9.80. The molecule has 3 atom stereocenters. The minimum absolute atomic E-state index is 0.0837. The molecule has 3 unspecified atom stereocenters. The predicted octanol–water partition coefficient (Wildman–Crippen LogP) is 4.93. The van der Waals surface area contributed by atoms with Gasteiger partial charge in [0.15, 0.2) is 0 Å². The van der Waals surface area contributed by atoms with E-state index >= 15 is 0 Å². The zero-order chi connectivity index (χ0) is 17.0. The Morgan fingerprint density at radius 2 is 1.91 bits per heavy atom. The Hall–Kier alpha value is -1.52. The largest absolute Gasteiger partial charge is 0.391 e. The number of rotatable bonds is 4. The molecule has 1 aromatic rings. The van der Waals surface area contributed by atoms with Gasteiger partial charge in [-0.25, -0.2) is 0 Å². The molecule has 0 radical (unpaired) electrons. The molecule has 0 saturated heterocycles. The number of alkyl halides is 3. The Morgan fingerprint density at radius 3 is 2.48 bits per heavy atom. The molecule has 0 aromatic heterocycles. The van der Waals surface area contributed by atoms with E-state index in [0.29, 0.717) is 19.3 Å². The molecule has 2 nitrogen and oxygen atoms in total. The van der Waals surface area contributed by atoms with Crippen molar-refractivity contribution in [2.45, 2.75) is 58.2 Å². The van der Waals surface area contributed by atoms with Crippen molar-refractivity contribution in [1.82, 2.24) is 5.32 Å². The summed E-state index contributed by atoms with van der Waals surface area (Å²) in [6, 6.07) is 7.73. The number of nitrogens with one attached hydrogen (secondary N) is 1. The minimum Gasteiger partial charge on any atom is -0.349 e. The van der Waals surface area contributed by atoms with Gasteiger partial charge in [0.1, 0.15) is 0 Å². The van der Waals surface area contributed by atoms with Crippen LogP contribution in [0.25, 0.3) is 0 Å². The Morgan fingerprint density at radius 1 is 1.26 bits per heavy atom. The van der Waals surface area contributed by atoms with Crippen molar-refractivity contribution in [3.63, 3.8) is 0 Å². The van der Waals surface area contributed by atoms with Crippen LogP contribution in [0.1, 0.15) is 56.2 Å². The predicted molar refractivity (Wildman–Crippen MR) is 83.9 cm³/mol.